The van der Waals surface area contributed by atoms with Crippen LogP contribution in [0, 0.1) is 0 Å². The molecule has 3 aliphatic heterocycles. The van der Waals surface area contributed by atoms with E-state index in [1.807, 2.05) is 17.9 Å². The zero-order valence-electron chi connectivity index (χ0n) is 20.4. The molecule has 4 amide bonds. The van der Waals surface area contributed by atoms with Crippen molar-refractivity contribution in [2.24, 2.45) is 7.05 Å². The van der Waals surface area contributed by atoms with Gasteiger partial charge in [-0.25, -0.2) is 0 Å². The second-order valence-corrected chi connectivity index (χ2v) is 10.2. The van der Waals surface area contributed by atoms with Crippen molar-refractivity contribution in [1.82, 2.24) is 24.9 Å². The molecule has 3 aliphatic rings. The molecule has 3 aromatic rings. The topological polar surface area (TPSA) is 125 Å². The number of amides is 4. The summed E-state index contributed by atoms with van der Waals surface area (Å²) in [7, 11) is 1.92. The predicted octanol–water partition coefficient (Wildman–Crippen LogP) is 1.46. The number of carbonyl (C=O) groups excluding carboxylic acids is 4. The normalized spacial score (nSPS) is 22.0. The van der Waals surface area contributed by atoms with Crippen molar-refractivity contribution < 1.29 is 24.3 Å². The highest BCUT2D eigenvalue weighted by Gasteiger charge is 2.45. The molecule has 10 nitrogen and oxygen atoms in total. The standard InChI is InChI=1S/C27H27N5O5/c1-30-22-12-16(2-3-17(22)14-28-30)15-31-10-8-27(37,9-11-31)18-4-5-19-20(13-18)26(36)32(25(19)35)21-6-7-23(33)29-24(21)34/h2-5,12-14,21,37H,6-11,15H2,1H3,(H,29,33,34). The molecule has 0 radical (unpaired) electrons. The summed E-state index contributed by atoms with van der Waals surface area (Å²) in [6, 6.07) is 10.1. The number of aryl methyl sites for hydroxylation is 1. The van der Waals surface area contributed by atoms with E-state index in [1.165, 1.54) is 5.56 Å². The molecule has 1 unspecified atom stereocenters. The van der Waals surface area contributed by atoms with Crippen LogP contribution in [0.1, 0.15) is 57.5 Å². The number of nitrogens with one attached hydrogen (secondary N) is 1. The van der Waals surface area contributed by atoms with Crippen LogP contribution >= 0.6 is 0 Å². The number of aromatic nitrogens is 2. The quantitative estimate of drug-likeness (QED) is 0.519. The first-order valence-electron chi connectivity index (χ1n) is 12.4. The Bertz CT molecular complexity index is 1470. The fourth-order valence-electron chi connectivity index (χ4n) is 5.68. The minimum Gasteiger partial charge on any atom is -0.385 e. The van der Waals surface area contributed by atoms with Crippen LogP contribution in [0.25, 0.3) is 10.9 Å². The maximum Gasteiger partial charge on any atom is 0.262 e. The molecule has 0 bridgehead atoms. The van der Waals surface area contributed by atoms with Gasteiger partial charge in [-0.2, -0.15) is 5.10 Å². The van der Waals surface area contributed by atoms with E-state index in [1.54, 1.807) is 18.2 Å². The van der Waals surface area contributed by atoms with E-state index in [9.17, 15) is 24.3 Å². The van der Waals surface area contributed by atoms with Gasteiger partial charge in [0.05, 0.1) is 28.4 Å². The fraction of sp³-hybridized carbons (Fsp3) is 0.370. The smallest absolute Gasteiger partial charge is 0.262 e. The monoisotopic (exact) mass is 501 g/mol. The molecule has 2 N–H and O–H groups in total. The lowest BCUT2D eigenvalue weighted by Gasteiger charge is -2.38. The highest BCUT2D eigenvalue weighted by Crippen LogP contribution is 2.37. The van der Waals surface area contributed by atoms with E-state index in [2.05, 4.69) is 33.5 Å². The molecule has 2 saturated heterocycles. The Balaban J connectivity index is 1.16. The molecule has 0 spiro atoms. The van der Waals surface area contributed by atoms with Crippen LogP contribution in [0.4, 0.5) is 0 Å². The van der Waals surface area contributed by atoms with E-state index in [0.717, 1.165) is 22.3 Å². The lowest BCUT2D eigenvalue weighted by atomic mass is 9.83. The van der Waals surface area contributed by atoms with Crippen LogP contribution in [0.5, 0.6) is 0 Å². The van der Waals surface area contributed by atoms with Crippen LogP contribution < -0.4 is 5.32 Å². The predicted molar refractivity (Wildman–Crippen MR) is 132 cm³/mol. The summed E-state index contributed by atoms with van der Waals surface area (Å²) in [6.45, 7) is 2.11. The fourth-order valence-corrected chi connectivity index (χ4v) is 5.68. The molecule has 1 aromatic heterocycles. The number of piperidine rings is 2. The lowest BCUT2D eigenvalue weighted by molar-refractivity contribution is -0.136. The maximum absolute atomic E-state index is 13.2. The highest BCUT2D eigenvalue weighted by molar-refractivity contribution is 6.23. The zero-order valence-corrected chi connectivity index (χ0v) is 20.4. The Kier molecular flexibility index (Phi) is 5.46. The number of benzene rings is 2. The third-order valence-electron chi connectivity index (χ3n) is 7.88. The van der Waals surface area contributed by atoms with Crippen molar-refractivity contribution in [3.8, 4) is 0 Å². The SMILES string of the molecule is Cn1ncc2ccc(CN3CCC(O)(c4ccc5c(c4)C(=O)N(C4CCC(=O)NC4=O)C5=O)CC3)cc21. The third-order valence-corrected chi connectivity index (χ3v) is 7.88. The first kappa shape index (κ1) is 23.5. The summed E-state index contributed by atoms with van der Waals surface area (Å²) in [5.74, 6) is -2.16. The number of fused-ring (bicyclic) bond motifs is 2. The summed E-state index contributed by atoms with van der Waals surface area (Å²) < 4.78 is 1.86. The Labute approximate surface area is 212 Å². The largest absolute Gasteiger partial charge is 0.385 e. The minimum atomic E-state index is -1.12. The van der Waals surface area contributed by atoms with E-state index in [4.69, 9.17) is 0 Å². The Morgan fingerprint density at radius 2 is 1.78 bits per heavy atom. The number of hydrogen-bond acceptors (Lipinski definition) is 7. The second-order valence-electron chi connectivity index (χ2n) is 10.2. The number of rotatable bonds is 4. The molecule has 2 aromatic carbocycles. The van der Waals surface area contributed by atoms with E-state index in [-0.39, 0.29) is 24.0 Å². The number of carbonyl (C=O) groups is 4. The van der Waals surface area contributed by atoms with Gasteiger partial charge in [-0.05, 0) is 48.6 Å². The Hall–Kier alpha value is -3.89. The first-order valence-corrected chi connectivity index (χ1v) is 12.4. The average Bonchev–Trinajstić information content (AvgIpc) is 3.37. The number of likely N-dealkylation sites (tertiary alicyclic amines) is 1. The first-order chi connectivity index (χ1) is 17.7. The lowest BCUT2D eigenvalue weighted by Crippen LogP contribution is -2.54. The van der Waals surface area contributed by atoms with Crippen molar-refractivity contribution in [1.29, 1.82) is 0 Å². The van der Waals surface area contributed by atoms with E-state index in [0.29, 0.717) is 31.5 Å². The van der Waals surface area contributed by atoms with Gasteiger partial charge in [-0.1, -0.05) is 18.2 Å². The number of nitrogens with zero attached hydrogens (tertiary/aromatic N) is 4. The van der Waals surface area contributed by atoms with Gasteiger partial charge in [0.2, 0.25) is 11.8 Å². The van der Waals surface area contributed by atoms with Gasteiger partial charge in [0.1, 0.15) is 6.04 Å². The maximum atomic E-state index is 13.2. The molecule has 6 rings (SSSR count). The minimum absolute atomic E-state index is 0.0707. The van der Waals surface area contributed by atoms with Gasteiger partial charge >= 0.3 is 0 Å². The van der Waals surface area contributed by atoms with Gasteiger partial charge in [0, 0.05) is 38.5 Å². The molecule has 10 heteroatoms. The van der Waals surface area contributed by atoms with Crippen molar-refractivity contribution >= 4 is 34.5 Å². The second kappa shape index (κ2) is 8.60. The van der Waals surface area contributed by atoms with Crippen LogP contribution in [0.3, 0.4) is 0 Å². The molecule has 2 fully saturated rings. The van der Waals surface area contributed by atoms with Gasteiger partial charge in [0.15, 0.2) is 0 Å². The molecule has 37 heavy (non-hydrogen) atoms. The molecular formula is C27H27N5O5. The van der Waals surface area contributed by atoms with Gasteiger partial charge in [0.25, 0.3) is 11.8 Å². The molecule has 1 atom stereocenters. The molecule has 0 aliphatic carbocycles. The van der Waals surface area contributed by atoms with Gasteiger partial charge in [-0.15, -0.1) is 0 Å². The highest BCUT2D eigenvalue weighted by atomic mass is 16.3. The van der Waals surface area contributed by atoms with E-state index < -0.39 is 35.3 Å². The van der Waals surface area contributed by atoms with Crippen LogP contribution in [0.2, 0.25) is 0 Å². The van der Waals surface area contributed by atoms with Crippen molar-refractivity contribution in [3.63, 3.8) is 0 Å². The zero-order chi connectivity index (χ0) is 25.9. The third kappa shape index (κ3) is 3.93. The summed E-state index contributed by atoms with van der Waals surface area (Å²) in [5, 5.41) is 19.1. The summed E-state index contributed by atoms with van der Waals surface area (Å²) in [4.78, 5) is 53.2. The Morgan fingerprint density at radius 3 is 2.54 bits per heavy atom. The summed E-state index contributed by atoms with van der Waals surface area (Å²) in [6.07, 6.45) is 2.99. The van der Waals surface area contributed by atoms with Crippen LogP contribution in [-0.2, 0) is 28.8 Å². The summed E-state index contributed by atoms with van der Waals surface area (Å²) in [5.41, 5.74) is 2.13. The molecule has 190 valence electrons. The van der Waals surface area contributed by atoms with E-state index >= 15 is 0 Å². The van der Waals surface area contributed by atoms with Crippen molar-refractivity contribution in [2.45, 2.75) is 43.9 Å². The number of aliphatic hydroxyl groups is 1. The average molecular weight is 502 g/mol. The van der Waals surface area contributed by atoms with Crippen LogP contribution in [-0.4, -0.2) is 67.4 Å². The summed E-state index contributed by atoms with van der Waals surface area (Å²) >= 11 is 0. The number of imide groups is 2. The van der Waals surface area contributed by atoms with Crippen molar-refractivity contribution in [2.75, 3.05) is 13.1 Å². The van der Waals surface area contributed by atoms with Gasteiger partial charge in [-0.3, -0.25) is 39.0 Å². The Morgan fingerprint density at radius 1 is 1.03 bits per heavy atom. The number of hydrogen-bond donors (Lipinski definition) is 2. The van der Waals surface area contributed by atoms with Gasteiger partial charge < -0.3 is 5.11 Å². The molecular weight excluding hydrogens is 474 g/mol. The molecule has 0 saturated carbocycles. The molecule has 4 heterocycles. The van der Waals surface area contributed by atoms with Crippen LogP contribution in [0.15, 0.2) is 42.6 Å². The van der Waals surface area contributed by atoms with Crippen molar-refractivity contribution in [3.05, 3.63) is 64.8 Å².